The summed E-state index contributed by atoms with van der Waals surface area (Å²) in [6, 6.07) is 7.69. The van der Waals surface area contributed by atoms with Gasteiger partial charge in [0.1, 0.15) is 0 Å². The number of rotatable bonds is 7. The Morgan fingerprint density at radius 2 is 1.96 bits per heavy atom. The molecule has 1 aromatic rings. The number of nitrogens with zero attached hydrogens (tertiary/aromatic N) is 2. The maximum atomic E-state index is 12.1. The van der Waals surface area contributed by atoms with E-state index < -0.39 is 10.0 Å². The third kappa shape index (κ3) is 4.93. The molecule has 0 atom stereocenters. The largest absolute Gasteiger partial charge is 0.378 e. The lowest BCUT2D eigenvalue weighted by atomic mass is 10.2. The third-order valence-electron chi connectivity index (χ3n) is 3.94. The predicted octanol–water partition coefficient (Wildman–Crippen LogP) is 0.815. The summed E-state index contributed by atoms with van der Waals surface area (Å²) in [5, 5.41) is 0. The average molecular weight is 355 g/mol. The third-order valence-corrected chi connectivity index (χ3v) is 5.35. The molecule has 0 aliphatic carbocycles. The van der Waals surface area contributed by atoms with E-state index in [-0.39, 0.29) is 24.7 Å². The fourth-order valence-electron chi connectivity index (χ4n) is 2.63. The molecule has 2 rings (SSSR count). The van der Waals surface area contributed by atoms with E-state index in [2.05, 4.69) is 9.62 Å². The highest BCUT2D eigenvalue weighted by molar-refractivity contribution is 7.89. The molecule has 7 nitrogen and oxygen atoms in total. The minimum atomic E-state index is -3.27. The van der Waals surface area contributed by atoms with Crippen LogP contribution in [-0.4, -0.2) is 59.5 Å². The van der Waals surface area contributed by atoms with E-state index in [1.54, 1.807) is 11.8 Å². The minimum Gasteiger partial charge on any atom is -0.378 e. The number of benzene rings is 1. The van der Waals surface area contributed by atoms with Crippen LogP contribution in [0.3, 0.4) is 0 Å². The Kier molecular flexibility index (Phi) is 6.59. The van der Waals surface area contributed by atoms with Crippen LogP contribution in [0.1, 0.15) is 13.8 Å². The van der Waals surface area contributed by atoms with Crippen LogP contribution in [0.15, 0.2) is 24.3 Å². The molecule has 0 unspecified atom stereocenters. The van der Waals surface area contributed by atoms with Crippen molar-refractivity contribution in [3.05, 3.63) is 24.3 Å². The van der Waals surface area contributed by atoms with Crippen LogP contribution >= 0.6 is 0 Å². The second kappa shape index (κ2) is 8.46. The van der Waals surface area contributed by atoms with Gasteiger partial charge in [0.25, 0.3) is 0 Å². The van der Waals surface area contributed by atoms with Crippen molar-refractivity contribution in [2.45, 2.75) is 13.8 Å². The number of sulfonamides is 1. The summed E-state index contributed by atoms with van der Waals surface area (Å²) in [6.07, 6.45) is 0. The highest BCUT2D eigenvalue weighted by Gasteiger charge is 2.20. The fraction of sp³-hybridized carbons (Fsp3) is 0.562. The summed E-state index contributed by atoms with van der Waals surface area (Å²) in [5.74, 6) is -0.0938. The summed E-state index contributed by atoms with van der Waals surface area (Å²) in [4.78, 5) is 15.9. The van der Waals surface area contributed by atoms with Crippen LogP contribution in [0.2, 0.25) is 0 Å². The molecule has 1 amide bonds. The zero-order valence-electron chi connectivity index (χ0n) is 14.2. The maximum absolute atomic E-state index is 12.1. The van der Waals surface area contributed by atoms with Crippen LogP contribution in [-0.2, 0) is 19.6 Å². The SMILES string of the molecule is CCS(=O)(=O)NCCN(C(C)=O)c1ccccc1N1CCOCC1. The molecule has 0 bridgehead atoms. The number of carbonyl (C=O) groups excluding carboxylic acids is 1. The molecule has 1 aliphatic heterocycles. The lowest BCUT2D eigenvalue weighted by molar-refractivity contribution is -0.116. The standard InChI is InChI=1S/C16H25N3O4S/c1-3-24(21,22)17-8-9-19(14(2)20)16-7-5-4-6-15(16)18-10-12-23-13-11-18/h4-7,17H,3,8-13H2,1-2H3. The monoisotopic (exact) mass is 355 g/mol. The molecule has 24 heavy (non-hydrogen) atoms. The van der Waals surface area contributed by atoms with Gasteiger partial charge in [-0.25, -0.2) is 13.1 Å². The van der Waals surface area contributed by atoms with Gasteiger partial charge in [-0.15, -0.1) is 0 Å². The van der Waals surface area contributed by atoms with Crippen molar-refractivity contribution in [1.82, 2.24) is 4.72 Å². The molecule has 1 N–H and O–H groups in total. The Hall–Kier alpha value is -1.64. The van der Waals surface area contributed by atoms with E-state index in [9.17, 15) is 13.2 Å². The first-order valence-corrected chi connectivity index (χ1v) is 9.77. The van der Waals surface area contributed by atoms with Crippen molar-refractivity contribution < 1.29 is 17.9 Å². The minimum absolute atomic E-state index is 0.0252. The van der Waals surface area contributed by atoms with Gasteiger partial charge in [-0.1, -0.05) is 12.1 Å². The van der Waals surface area contributed by atoms with Crippen LogP contribution in [0.5, 0.6) is 0 Å². The van der Waals surface area contributed by atoms with E-state index in [0.717, 1.165) is 24.5 Å². The maximum Gasteiger partial charge on any atom is 0.223 e. The van der Waals surface area contributed by atoms with Crippen molar-refractivity contribution in [2.75, 3.05) is 54.9 Å². The van der Waals surface area contributed by atoms with E-state index in [1.165, 1.54) is 6.92 Å². The van der Waals surface area contributed by atoms with Crippen molar-refractivity contribution in [1.29, 1.82) is 0 Å². The molecule has 0 radical (unpaired) electrons. The van der Waals surface area contributed by atoms with Gasteiger partial charge >= 0.3 is 0 Å². The number of ether oxygens (including phenoxy) is 1. The second-order valence-corrected chi connectivity index (χ2v) is 7.65. The number of hydrogen-bond acceptors (Lipinski definition) is 5. The van der Waals surface area contributed by atoms with Gasteiger partial charge in [0, 0.05) is 33.1 Å². The molecular formula is C16H25N3O4S. The highest BCUT2D eigenvalue weighted by atomic mass is 32.2. The molecule has 8 heteroatoms. The number of nitrogens with one attached hydrogen (secondary N) is 1. The molecule has 1 aliphatic rings. The number of hydrogen-bond donors (Lipinski definition) is 1. The first-order valence-electron chi connectivity index (χ1n) is 8.12. The van der Waals surface area contributed by atoms with Gasteiger partial charge in [-0.05, 0) is 19.1 Å². The van der Waals surface area contributed by atoms with Crippen molar-refractivity contribution in [3.63, 3.8) is 0 Å². The van der Waals surface area contributed by atoms with Crippen LogP contribution < -0.4 is 14.5 Å². The number of carbonyl (C=O) groups is 1. The first kappa shape index (κ1) is 18.7. The summed E-state index contributed by atoms with van der Waals surface area (Å²) >= 11 is 0. The first-order chi connectivity index (χ1) is 11.4. The Labute approximate surface area is 143 Å². The van der Waals surface area contributed by atoms with Crippen molar-refractivity contribution in [3.8, 4) is 0 Å². The molecule has 0 spiro atoms. The van der Waals surface area contributed by atoms with Gasteiger partial charge < -0.3 is 14.5 Å². The highest BCUT2D eigenvalue weighted by Crippen LogP contribution is 2.29. The predicted molar refractivity (Wildman–Crippen MR) is 95.0 cm³/mol. The smallest absolute Gasteiger partial charge is 0.223 e. The van der Waals surface area contributed by atoms with Crippen molar-refractivity contribution >= 4 is 27.3 Å². The van der Waals surface area contributed by atoms with Gasteiger partial charge in [-0.3, -0.25) is 4.79 Å². The summed E-state index contributed by atoms with van der Waals surface area (Å²) in [7, 11) is -3.27. The summed E-state index contributed by atoms with van der Waals surface area (Å²) in [6.45, 7) is 6.40. The molecule has 0 saturated carbocycles. The van der Waals surface area contributed by atoms with E-state index in [0.29, 0.717) is 13.2 Å². The Morgan fingerprint density at radius 3 is 2.58 bits per heavy atom. The van der Waals surface area contributed by atoms with E-state index in [4.69, 9.17) is 4.74 Å². The van der Waals surface area contributed by atoms with Gasteiger partial charge in [0.2, 0.25) is 15.9 Å². The number of anilines is 2. The number of morpholine rings is 1. The number of amides is 1. The fourth-order valence-corrected chi connectivity index (χ4v) is 3.23. The second-order valence-electron chi connectivity index (χ2n) is 5.56. The normalized spacial score (nSPS) is 15.3. The molecule has 1 heterocycles. The van der Waals surface area contributed by atoms with E-state index in [1.807, 2.05) is 24.3 Å². The molecular weight excluding hydrogens is 330 g/mol. The molecule has 134 valence electrons. The lowest BCUT2D eigenvalue weighted by Gasteiger charge is -2.33. The van der Waals surface area contributed by atoms with Crippen molar-refractivity contribution in [2.24, 2.45) is 0 Å². The zero-order valence-corrected chi connectivity index (χ0v) is 15.0. The Morgan fingerprint density at radius 1 is 1.29 bits per heavy atom. The molecule has 0 aromatic heterocycles. The zero-order chi connectivity index (χ0) is 17.6. The van der Waals surface area contributed by atoms with Crippen LogP contribution in [0, 0.1) is 0 Å². The van der Waals surface area contributed by atoms with E-state index >= 15 is 0 Å². The number of para-hydroxylation sites is 2. The Bertz CT molecular complexity index is 657. The Balaban J connectivity index is 2.17. The van der Waals surface area contributed by atoms with Gasteiger partial charge in [0.05, 0.1) is 30.3 Å². The summed E-state index contributed by atoms with van der Waals surface area (Å²) in [5.41, 5.74) is 1.76. The lowest BCUT2D eigenvalue weighted by Crippen LogP contribution is -2.40. The average Bonchev–Trinajstić information content (AvgIpc) is 2.59. The van der Waals surface area contributed by atoms with Gasteiger partial charge in [-0.2, -0.15) is 0 Å². The topological polar surface area (TPSA) is 79.0 Å². The van der Waals surface area contributed by atoms with Gasteiger partial charge in [0.15, 0.2) is 0 Å². The molecule has 1 fully saturated rings. The van der Waals surface area contributed by atoms with Crippen LogP contribution in [0.25, 0.3) is 0 Å². The quantitative estimate of drug-likeness (QED) is 0.783. The summed E-state index contributed by atoms with van der Waals surface area (Å²) < 4.78 is 31.0. The molecule has 1 aromatic carbocycles. The molecule has 1 saturated heterocycles. The van der Waals surface area contributed by atoms with Crippen LogP contribution in [0.4, 0.5) is 11.4 Å².